The van der Waals surface area contributed by atoms with Gasteiger partial charge in [0, 0.05) is 13.1 Å². The molecule has 0 saturated carbocycles. The minimum atomic E-state index is -0.272. The maximum atomic E-state index is 11.1. The van der Waals surface area contributed by atoms with Gasteiger partial charge < -0.3 is 10.0 Å². The summed E-state index contributed by atoms with van der Waals surface area (Å²) in [5.74, 6) is 4.63. The molecule has 12 heavy (non-hydrogen) atoms. The predicted octanol–water partition coefficient (Wildman–Crippen LogP) is 0.0166. The highest BCUT2D eigenvalue weighted by Crippen LogP contribution is 1.88. The standard InChI is InChI=1S/C9H13NO2/c1-3-5-9(12)10(6-4-2)7-8-11/h4,11H,2,6-8H2,1H3. The second-order valence-electron chi connectivity index (χ2n) is 2.14. The summed E-state index contributed by atoms with van der Waals surface area (Å²) in [6.07, 6.45) is 1.60. The topological polar surface area (TPSA) is 40.5 Å². The van der Waals surface area contributed by atoms with Gasteiger partial charge in [-0.15, -0.1) is 6.58 Å². The number of carbonyl (C=O) groups excluding carboxylic acids is 1. The van der Waals surface area contributed by atoms with E-state index in [4.69, 9.17) is 5.11 Å². The summed E-state index contributed by atoms with van der Waals surface area (Å²) < 4.78 is 0. The maximum absolute atomic E-state index is 11.1. The first kappa shape index (κ1) is 10.7. The van der Waals surface area contributed by atoms with Gasteiger partial charge in [-0.1, -0.05) is 12.0 Å². The van der Waals surface area contributed by atoms with Crippen LogP contribution in [-0.2, 0) is 4.79 Å². The van der Waals surface area contributed by atoms with Gasteiger partial charge in [-0.05, 0) is 12.8 Å². The summed E-state index contributed by atoms with van der Waals surface area (Å²) in [6.45, 7) is 5.78. The fourth-order valence-corrected chi connectivity index (χ4v) is 0.738. The van der Waals surface area contributed by atoms with Gasteiger partial charge in [0.1, 0.15) is 0 Å². The van der Waals surface area contributed by atoms with Crippen LogP contribution in [0.1, 0.15) is 6.92 Å². The number of carbonyl (C=O) groups is 1. The maximum Gasteiger partial charge on any atom is 0.298 e. The van der Waals surface area contributed by atoms with Crippen molar-refractivity contribution >= 4 is 5.91 Å². The zero-order valence-corrected chi connectivity index (χ0v) is 7.21. The van der Waals surface area contributed by atoms with Gasteiger partial charge in [0.15, 0.2) is 0 Å². The van der Waals surface area contributed by atoms with Gasteiger partial charge in [0.25, 0.3) is 5.91 Å². The quantitative estimate of drug-likeness (QED) is 0.473. The first-order valence-electron chi connectivity index (χ1n) is 3.69. The Morgan fingerprint density at radius 2 is 2.42 bits per heavy atom. The molecule has 66 valence electrons. The molecule has 1 amide bonds. The van der Waals surface area contributed by atoms with Crippen LogP contribution in [-0.4, -0.2) is 35.6 Å². The van der Waals surface area contributed by atoms with Crippen molar-refractivity contribution in [2.45, 2.75) is 6.92 Å². The molecule has 0 aliphatic heterocycles. The molecule has 0 rings (SSSR count). The van der Waals surface area contributed by atoms with Crippen LogP contribution < -0.4 is 0 Å². The van der Waals surface area contributed by atoms with E-state index in [1.807, 2.05) is 0 Å². The number of hydrogen-bond acceptors (Lipinski definition) is 2. The lowest BCUT2D eigenvalue weighted by atomic mass is 10.4. The van der Waals surface area contributed by atoms with Crippen molar-refractivity contribution in [2.24, 2.45) is 0 Å². The van der Waals surface area contributed by atoms with Crippen LogP contribution in [0.2, 0.25) is 0 Å². The average Bonchev–Trinajstić information content (AvgIpc) is 2.04. The summed E-state index contributed by atoms with van der Waals surface area (Å²) in [6, 6.07) is 0. The number of aliphatic hydroxyl groups is 1. The van der Waals surface area contributed by atoms with Gasteiger partial charge in [-0.25, -0.2) is 0 Å². The fourth-order valence-electron chi connectivity index (χ4n) is 0.738. The number of rotatable bonds is 4. The Morgan fingerprint density at radius 1 is 1.75 bits per heavy atom. The molecule has 0 radical (unpaired) electrons. The molecule has 1 N–H and O–H groups in total. The second-order valence-corrected chi connectivity index (χ2v) is 2.14. The highest BCUT2D eigenvalue weighted by atomic mass is 16.3. The highest BCUT2D eigenvalue weighted by molar-refractivity contribution is 5.93. The lowest BCUT2D eigenvalue weighted by molar-refractivity contribution is -0.125. The van der Waals surface area contributed by atoms with Gasteiger partial charge in [0.2, 0.25) is 0 Å². The zero-order chi connectivity index (χ0) is 9.40. The molecule has 0 spiro atoms. The van der Waals surface area contributed by atoms with Crippen LogP contribution in [0.25, 0.3) is 0 Å². The normalized spacial score (nSPS) is 8.17. The van der Waals surface area contributed by atoms with Crippen molar-refractivity contribution < 1.29 is 9.90 Å². The van der Waals surface area contributed by atoms with Crippen molar-refractivity contribution in [1.82, 2.24) is 4.90 Å². The molecule has 0 bridgehead atoms. The average molecular weight is 167 g/mol. The third kappa shape index (κ3) is 3.79. The SMILES string of the molecule is C=CCN(CCO)C(=O)C#CC. The van der Waals surface area contributed by atoms with E-state index in [1.165, 1.54) is 4.90 Å². The molecule has 0 aliphatic carbocycles. The molecule has 0 aromatic rings. The molecular formula is C9H13NO2. The molecular weight excluding hydrogens is 154 g/mol. The smallest absolute Gasteiger partial charge is 0.298 e. The summed E-state index contributed by atoms with van der Waals surface area (Å²) in [5.41, 5.74) is 0. The van der Waals surface area contributed by atoms with Crippen LogP contribution in [0.3, 0.4) is 0 Å². The van der Waals surface area contributed by atoms with E-state index in [-0.39, 0.29) is 12.5 Å². The monoisotopic (exact) mass is 167 g/mol. The van der Waals surface area contributed by atoms with E-state index in [0.717, 1.165) is 0 Å². The van der Waals surface area contributed by atoms with Crippen molar-refractivity contribution in [2.75, 3.05) is 19.7 Å². The Kier molecular flexibility index (Phi) is 5.76. The second kappa shape index (κ2) is 6.44. The minimum Gasteiger partial charge on any atom is -0.395 e. The van der Waals surface area contributed by atoms with Crippen LogP contribution in [0.4, 0.5) is 0 Å². The van der Waals surface area contributed by atoms with Crippen LogP contribution in [0, 0.1) is 11.8 Å². The van der Waals surface area contributed by atoms with Crippen molar-refractivity contribution in [3.05, 3.63) is 12.7 Å². The van der Waals surface area contributed by atoms with Crippen molar-refractivity contribution in [1.29, 1.82) is 0 Å². The molecule has 0 atom stereocenters. The number of hydrogen-bond donors (Lipinski definition) is 1. The first-order chi connectivity index (χ1) is 5.76. The summed E-state index contributed by atoms with van der Waals surface area (Å²) in [5, 5.41) is 8.60. The van der Waals surface area contributed by atoms with Gasteiger partial charge in [-0.2, -0.15) is 0 Å². The molecule has 0 fully saturated rings. The molecule has 0 aromatic heterocycles. The molecule has 0 saturated heterocycles. The van der Waals surface area contributed by atoms with Gasteiger partial charge in [-0.3, -0.25) is 4.79 Å². The van der Waals surface area contributed by atoms with Crippen LogP contribution >= 0.6 is 0 Å². The third-order valence-corrected chi connectivity index (χ3v) is 1.24. The van der Waals surface area contributed by atoms with E-state index in [9.17, 15) is 4.79 Å². The summed E-state index contributed by atoms with van der Waals surface area (Å²) in [7, 11) is 0. The van der Waals surface area contributed by atoms with E-state index in [1.54, 1.807) is 13.0 Å². The lowest BCUT2D eigenvalue weighted by Gasteiger charge is -2.15. The Hall–Kier alpha value is -1.27. The molecule has 0 unspecified atom stereocenters. The van der Waals surface area contributed by atoms with Crippen molar-refractivity contribution in [3.63, 3.8) is 0 Å². The number of nitrogens with zero attached hydrogens (tertiary/aromatic N) is 1. The fraction of sp³-hybridized carbons (Fsp3) is 0.444. The van der Waals surface area contributed by atoms with E-state index in [0.29, 0.717) is 13.1 Å². The van der Waals surface area contributed by atoms with Gasteiger partial charge >= 0.3 is 0 Å². The van der Waals surface area contributed by atoms with Crippen molar-refractivity contribution in [3.8, 4) is 11.8 Å². The Bertz CT molecular complexity index is 212. The summed E-state index contributed by atoms with van der Waals surface area (Å²) >= 11 is 0. The molecule has 0 heterocycles. The molecule has 3 nitrogen and oxygen atoms in total. The largest absolute Gasteiger partial charge is 0.395 e. The zero-order valence-electron chi connectivity index (χ0n) is 7.21. The minimum absolute atomic E-state index is 0.0506. The van der Waals surface area contributed by atoms with Crippen LogP contribution in [0.15, 0.2) is 12.7 Å². The summed E-state index contributed by atoms with van der Waals surface area (Å²) in [4.78, 5) is 12.6. The van der Waals surface area contributed by atoms with Crippen LogP contribution in [0.5, 0.6) is 0 Å². The number of amides is 1. The first-order valence-corrected chi connectivity index (χ1v) is 3.69. The number of aliphatic hydroxyl groups excluding tert-OH is 1. The predicted molar refractivity (Wildman–Crippen MR) is 47.3 cm³/mol. The molecule has 3 heteroatoms. The van der Waals surface area contributed by atoms with E-state index in [2.05, 4.69) is 18.4 Å². The third-order valence-electron chi connectivity index (χ3n) is 1.24. The Balaban J connectivity index is 4.14. The van der Waals surface area contributed by atoms with E-state index >= 15 is 0 Å². The Labute approximate surface area is 72.7 Å². The highest BCUT2D eigenvalue weighted by Gasteiger charge is 2.06. The Morgan fingerprint density at radius 3 is 2.83 bits per heavy atom. The molecule has 0 aliphatic rings. The molecule has 0 aromatic carbocycles. The lowest BCUT2D eigenvalue weighted by Crippen LogP contribution is -2.32. The van der Waals surface area contributed by atoms with Gasteiger partial charge in [0.05, 0.1) is 6.61 Å². The van der Waals surface area contributed by atoms with E-state index < -0.39 is 0 Å².